The van der Waals surface area contributed by atoms with E-state index < -0.39 is 0 Å². The first kappa shape index (κ1) is 13.9. The Labute approximate surface area is 112 Å². The first-order valence-electron chi connectivity index (χ1n) is 6.89. The first-order valence-corrected chi connectivity index (χ1v) is 6.89. The summed E-state index contributed by atoms with van der Waals surface area (Å²) in [6, 6.07) is 0. The fourth-order valence-corrected chi connectivity index (χ4v) is 2.24. The van der Waals surface area contributed by atoms with Crippen molar-refractivity contribution in [2.45, 2.75) is 45.3 Å². The van der Waals surface area contributed by atoms with Gasteiger partial charge >= 0.3 is 0 Å². The lowest BCUT2D eigenvalue weighted by molar-refractivity contribution is -0.135. The molecule has 106 valence electrons. The van der Waals surface area contributed by atoms with Crippen LogP contribution < -0.4 is 0 Å². The Morgan fingerprint density at radius 1 is 1.53 bits per heavy atom. The van der Waals surface area contributed by atoms with Crippen LogP contribution in [-0.4, -0.2) is 56.8 Å². The highest BCUT2D eigenvalue weighted by atomic mass is 16.5. The smallest absolute Gasteiger partial charge is 0.224 e. The summed E-state index contributed by atoms with van der Waals surface area (Å²) in [5, 5.41) is 10.8. The summed E-state index contributed by atoms with van der Waals surface area (Å²) in [4.78, 5) is 14.0. The Morgan fingerprint density at radius 2 is 2.42 bits per heavy atom. The maximum atomic E-state index is 12.1. The van der Waals surface area contributed by atoms with Crippen LogP contribution in [0.2, 0.25) is 0 Å². The zero-order chi connectivity index (χ0) is 13.5. The molecule has 1 atom stereocenters. The molecule has 2 rings (SSSR count). The lowest BCUT2D eigenvalue weighted by Crippen LogP contribution is -2.43. The molecule has 0 N–H and O–H groups in total. The Kier molecular flexibility index (Phi) is 5.26. The van der Waals surface area contributed by atoms with Crippen LogP contribution in [0, 0.1) is 0 Å². The van der Waals surface area contributed by atoms with E-state index in [1.807, 2.05) is 4.90 Å². The van der Waals surface area contributed by atoms with E-state index >= 15 is 0 Å². The van der Waals surface area contributed by atoms with E-state index in [4.69, 9.17) is 4.74 Å². The molecule has 1 aliphatic rings. The zero-order valence-corrected chi connectivity index (χ0v) is 11.4. The van der Waals surface area contributed by atoms with Crippen LogP contribution in [0.4, 0.5) is 0 Å². The molecule has 0 unspecified atom stereocenters. The average molecular weight is 267 g/mol. The van der Waals surface area contributed by atoms with Gasteiger partial charge in [0.25, 0.3) is 0 Å². The second-order valence-electron chi connectivity index (χ2n) is 4.80. The number of nitrogens with zero attached hydrogens (tertiary/aromatic N) is 5. The third-order valence-corrected chi connectivity index (χ3v) is 3.23. The lowest BCUT2D eigenvalue weighted by Gasteiger charge is -2.32. The number of carbonyl (C=O) groups excluding carboxylic acids is 1. The highest BCUT2D eigenvalue weighted by Gasteiger charge is 2.23. The lowest BCUT2D eigenvalue weighted by atomic mass is 10.1. The molecule has 1 aromatic rings. The summed E-state index contributed by atoms with van der Waals surface area (Å²) in [5.41, 5.74) is 0. The predicted molar refractivity (Wildman–Crippen MR) is 68.3 cm³/mol. The topological polar surface area (TPSA) is 73.1 Å². The van der Waals surface area contributed by atoms with Crippen molar-refractivity contribution < 1.29 is 9.53 Å². The number of hydrogen-bond donors (Lipinski definition) is 0. The van der Waals surface area contributed by atoms with E-state index in [2.05, 4.69) is 22.4 Å². The molecule has 0 bridgehead atoms. The van der Waals surface area contributed by atoms with Crippen molar-refractivity contribution in [2.75, 3.05) is 19.7 Å². The number of aromatic nitrogens is 4. The van der Waals surface area contributed by atoms with Gasteiger partial charge in [0.2, 0.25) is 5.91 Å². The van der Waals surface area contributed by atoms with Gasteiger partial charge in [0.05, 0.1) is 12.6 Å². The molecular weight excluding hydrogens is 246 g/mol. The molecule has 1 aliphatic heterocycles. The fraction of sp³-hybridized carbons (Fsp3) is 0.833. The van der Waals surface area contributed by atoms with Crippen LogP contribution in [0.1, 0.15) is 32.6 Å². The minimum absolute atomic E-state index is 0.153. The Bertz CT molecular complexity index is 381. The molecule has 0 saturated carbocycles. The van der Waals surface area contributed by atoms with Crippen molar-refractivity contribution in [2.24, 2.45) is 0 Å². The highest BCUT2D eigenvalue weighted by Crippen LogP contribution is 2.14. The standard InChI is InChI=1S/C12H21N5O2/c1-2-8-19-11-4-3-6-16(9-11)12(18)5-7-17-10-13-14-15-17/h10-11H,2-9H2,1H3/t11-/m1/s1. The number of piperidine rings is 1. The Hall–Kier alpha value is -1.50. The van der Waals surface area contributed by atoms with E-state index in [0.717, 1.165) is 32.4 Å². The number of tetrazole rings is 1. The zero-order valence-electron chi connectivity index (χ0n) is 11.4. The molecule has 0 radical (unpaired) electrons. The van der Waals surface area contributed by atoms with Gasteiger partial charge in [0, 0.05) is 26.1 Å². The van der Waals surface area contributed by atoms with Crippen LogP contribution in [0.3, 0.4) is 0 Å². The van der Waals surface area contributed by atoms with Gasteiger partial charge in [-0.1, -0.05) is 6.92 Å². The Balaban J connectivity index is 1.75. The fourth-order valence-electron chi connectivity index (χ4n) is 2.24. The van der Waals surface area contributed by atoms with Gasteiger partial charge in [0.1, 0.15) is 6.33 Å². The first-order chi connectivity index (χ1) is 9.29. The van der Waals surface area contributed by atoms with E-state index in [-0.39, 0.29) is 12.0 Å². The average Bonchev–Trinajstić information content (AvgIpc) is 2.96. The second kappa shape index (κ2) is 7.18. The van der Waals surface area contributed by atoms with Gasteiger partial charge in [-0.15, -0.1) is 5.10 Å². The van der Waals surface area contributed by atoms with Gasteiger partial charge in [-0.3, -0.25) is 4.79 Å². The largest absolute Gasteiger partial charge is 0.376 e. The summed E-state index contributed by atoms with van der Waals surface area (Å²) in [5.74, 6) is 0.153. The molecular formula is C12H21N5O2. The normalized spacial score (nSPS) is 19.6. The van der Waals surface area contributed by atoms with Crippen LogP contribution in [0.25, 0.3) is 0 Å². The maximum absolute atomic E-state index is 12.1. The summed E-state index contributed by atoms with van der Waals surface area (Å²) in [7, 11) is 0. The molecule has 2 heterocycles. The summed E-state index contributed by atoms with van der Waals surface area (Å²) in [6.45, 7) is 4.95. The van der Waals surface area contributed by atoms with Crippen LogP contribution in [0.15, 0.2) is 6.33 Å². The molecule has 0 aromatic carbocycles. The van der Waals surface area contributed by atoms with Crippen molar-refractivity contribution in [1.82, 2.24) is 25.1 Å². The maximum Gasteiger partial charge on any atom is 0.224 e. The van der Waals surface area contributed by atoms with Crippen LogP contribution in [0.5, 0.6) is 0 Å². The molecule has 19 heavy (non-hydrogen) atoms. The quantitative estimate of drug-likeness (QED) is 0.749. The van der Waals surface area contributed by atoms with Crippen molar-refractivity contribution in [3.63, 3.8) is 0 Å². The predicted octanol–water partition coefficient (Wildman–Crippen LogP) is 0.481. The number of carbonyl (C=O) groups is 1. The third-order valence-electron chi connectivity index (χ3n) is 3.23. The Morgan fingerprint density at radius 3 is 3.16 bits per heavy atom. The van der Waals surface area contributed by atoms with Crippen LogP contribution in [-0.2, 0) is 16.1 Å². The minimum atomic E-state index is 0.153. The molecule has 1 saturated heterocycles. The van der Waals surface area contributed by atoms with Gasteiger partial charge in [-0.05, 0) is 29.7 Å². The van der Waals surface area contributed by atoms with Crippen molar-refractivity contribution in [3.8, 4) is 0 Å². The van der Waals surface area contributed by atoms with E-state index in [1.165, 1.54) is 6.33 Å². The molecule has 0 aliphatic carbocycles. The third kappa shape index (κ3) is 4.27. The molecule has 1 fully saturated rings. The molecule has 1 amide bonds. The van der Waals surface area contributed by atoms with Crippen molar-refractivity contribution in [1.29, 1.82) is 0 Å². The highest BCUT2D eigenvalue weighted by molar-refractivity contribution is 5.76. The number of rotatable bonds is 6. The van der Waals surface area contributed by atoms with Gasteiger partial charge < -0.3 is 9.64 Å². The van der Waals surface area contributed by atoms with E-state index in [0.29, 0.717) is 19.5 Å². The van der Waals surface area contributed by atoms with Crippen molar-refractivity contribution >= 4 is 5.91 Å². The SMILES string of the molecule is CCCO[C@@H]1CCCN(C(=O)CCn2cnnn2)C1. The summed E-state index contributed by atoms with van der Waals surface area (Å²) >= 11 is 0. The van der Waals surface area contributed by atoms with E-state index in [1.54, 1.807) is 4.68 Å². The molecule has 7 nitrogen and oxygen atoms in total. The van der Waals surface area contributed by atoms with Gasteiger partial charge in [0.15, 0.2) is 0 Å². The summed E-state index contributed by atoms with van der Waals surface area (Å²) < 4.78 is 7.31. The number of ether oxygens (including phenoxy) is 1. The van der Waals surface area contributed by atoms with Crippen molar-refractivity contribution in [3.05, 3.63) is 6.33 Å². The second-order valence-corrected chi connectivity index (χ2v) is 4.80. The number of likely N-dealkylation sites (tertiary alicyclic amines) is 1. The van der Waals surface area contributed by atoms with E-state index in [9.17, 15) is 4.79 Å². The number of amides is 1. The number of aryl methyl sites for hydroxylation is 1. The molecule has 1 aromatic heterocycles. The van der Waals surface area contributed by atoms with Gasteiger partial charge in [-0.25, -0.2) is 4.68 Å². The molecule has 0 spiro atoms. The summed E-state index contributed by atoms with van der Waals surface area (Å²) in [6.07, 6.45) is 5.25. The van der Waals surface area contributed by atoms with Crippen LogP contribution >= 0.6 is 0 Å². The number of hydrogen-bond acceptors (Lipinski definition) is 5. The van der Waals surface area contributed by atoms with Gasteiger partial charge in [-0.2, -0.15) is 0 Å². The molecule has 7 heteroatoms. The minimum Gasteiger partial charge on any atom is -0.376 e. The monoisotopic (exact) mass is 267 g/mol.